The standard InChI is InChI=1S/C19H17N3O2S/c1-15-9-11-17(12-10-15)25(23,24)22-18-7-3-2-6-16(18)14-21-19-8-4-5-13-20-19/h2-14,22H,1H3. The normalized spacial score (nSPS) is 11.6. The number of aliphatic imine (C=N–C) groups is 1. The van der Waals surface area contributed by atoms with E-state index in [1.807, 2.05) is 25.1 Å². The molecule has 0 aliphatic carbocycles. The molecule has 3 aromatic rings. The number of nitrogens with one attached hydrogen (secondary N) is 1. The molecule has 0 saturated carbocycles. The Morgan fingerprint density at radius 2 is 1.68 bits per heavy atom. The Hall–Kier alpha value is -2.99. The SMILES string of the molecule is Cc1ccc(S(=O)(=O)Nc2ccccc2C=Nc2ccccn2)cc1. The molecule has 6 heteroatoms. The maximum Gasteiger partial charge on any atom is 0.261 e. The molecule has 0 radical (unpaired) electrons. The summed E-state index contributed by atoms with van der Waals surface area (Å²) in [6.45, 7) is 1.91. The van der Waals surface area contributed by atoms with E-state index in [0.717, 1.165) is 5.56 Å². The molecule has 0 amide bonds. The molecule has 0 unspecified atom stereocenters. The van der Waals surface area contributed by atoms with Crippen LogP contribution < -0.4 is 4.72 Å². The quantitative estimate of drug-likeness (QED) is 0.708. The molecule has 25 heavy (non-hydrogen) atoms. The largest absolute Gasteiger partial charge is 0.279 e. The first-order chi connectivity index (χ1) is 12.0. The van der Waals surface area contributed by atoms with Crippen molar-refractivity contribution in [1.29, 1.82) is 0 Å². The molecule has 0 fully saturated rings. The van der Waals surface area contributed by atoms with Gasteiger partial charge in [-0.05, 0) is 37.3 Å². The first-order valence-electron chi connectivity index (χ1n) is 7.68. The minimum Gasteiger partial charge on any atom is -0.279 e. The van der Waals surface area contributed by atoms with Gasteiger partial charge in [-0.3, -0.25) is 4.72 Å². The maximum atomic E-state index is 12.6. The number of anilines is 1. The molecule has 0 saturated heterocycles. The van der Waals surface area contributed by atoms with Crippen LogP contribution >= 0.6 is 0 Å². The summed E-state index contributed by atoms with van der Waals surface area (Å²) in [5.74, 6) is 0.554. The molecule has 5 nitrogen and oxygen atoms in total. The van der Waals surface area contributed by atoms with Crippen LogP contribution in [-0.4, -0.2) is 19.6 Å². The van der Waals surface area contributed by atoms with Gasteiger partial charge in [0, 0.05) is 18.0 Å². The number of hydrogen-bond acceptors (Lipinski definition) is 4. The summed E-state index contributed by atoms with van der Waals surface area (Å²) >= 11 is 0. The zero-order valence-corrected chi connectivity index (χ0v) is 14.4. The predicted molar refractivity (Wildman–Crippen MR) is 99.9 cm³/mol. The Kier molecular flexibility index (Phi) is 4.90. The van der Waals surface area contributed by atoms with E-state index < -0.39 is 10.0 Å². The molecule has 126 valence electrons. The number of benzene rings is 2. The highest BCUT2D eigenvalue weighted by atomic mass is 32.2. The molecule has 0 aliphatic rings. The number of nitrogens with zero attached hydrogens (tertiary/aromatic N) is 2. The van der Waals surface area contributed by atoms with Crippen molar-refractivity contribution in [2.75, 3.05) is 4.72 Å². The van der Waals surface area contributed by atoms with Crippen molar-refractivity contribution < 1.29 is 8.42 Å². The summed E-state index contributed by atoms with van der Waals surface area (Å²) in [6.07, 6.45) is 3.24. The molecular weight excluding hydrogens is 334 g/mol. The average Bonchev–Trinajstić information content (AvgIpc) is 2.62. The topological polar surface area (TPSA) is 71.4 Å². The number of hydrogen-bond donors (Lipinski definition) is 1. The lowest BCUT2D eigenvalue weighted by molar-refractivity contribution is 0.601. The monoisotopic (exact) mass is 351 g/mol. The van der Waals surface area contributed by atoms with Gasteiger partial charge in [0.15, 0.2) is 5.82 Å². The average molecular weight is 351 g/mol. The fourth-order valence-corrected chi connectivity index (χ4v) is 3.28. The van der Waals surface area contributed by atoms with Gasteiger partial charge < -0.3 is 0 Å². The van der Waals surface area contributed by atoms with E-state index in [9.17, 15) is 8.42 Å². The molecule has 0 aliphatic heterocycles. The van der Waals surface area contributed by atoms with Gasteiger partial charge in [0.1, 0.15) is 0 Å². The fourth-order valence-electron chi connectivity index (χ4n) is 2.19. The van der Waals surface area contributed by atoms with E-state index in [0.29, 0.717) is 17.1 Å². The third-order valence-corrected chi connectivity index (χ3v) is 4.90. The van der Waals surface area contributed by atoms with Crippen molar-refractivity contribution in [3.05, 3.63) is 84.1 Å². The molecule has 1 aromatic heterocycles. The lowest BCUT2D eigenvalue weighted by atomic mass is 10.2. The first-order valence-corrected chi connectivity index (χ1v) is 9.16. The van der Waals surface area contributed by atoms with Gasteiger partial charge in [-0.1, -0.05) is 42.0 Å². The van der Waals surface area contributed by atoms with Crippen molar-refractivity contribution in [1.82, 2.24) is 4.98 Å². The highest BCUT2D eigenvalue weighted by Crippen LogP contribution is 2.20. The number of sulfonamides is 1. The zero-order valence-electron chi connectivity index (χ0n) is 13.6. The molecule has 0 atom stereocenters. The van der Waals surface area contributed by atoms with Crippen LogP contribution in [0.4, 0.5) is 11.5 Å². The Bertz CT molecular complexity index is 983. The summed E-state index contributed by atoms with van der Waals surface area (Å²) in [5, 5.41) is 0. The van der Waals surface area contributed by atoms with Crippen LogP contribution in [-0.2, 0) is 10.0 Å². The summed E-state index contributed by atoms with van der Waals surface area (Å²) in [5.41, 5.74) is 2.12. The second kappa shape index (κ2) is 7.27. The summed E-state index contributed by atoms with van der Waals surface area (Å²) in [4.78, 5) is 8.62. The number of para-hydroxylation sites is 1. The maximum absolute atomic E-state index is 12.6. The van der Waals surface area contributed by atoms with Gasteiger partial charge in [-0.25, -0.2) is 18.4 Å². The number of pyridine rings is 1. The number of aromatic nitrogens is 1. The predicted octanol–water partition coefficient (Wildman–Crippen LogP) is 3.94. The third-order valence-electron chi connectivity index (χ3n) is 3.52. The van der Waals surface area contributed by atoms with Crippen molar-refractivity contribution in [3.8, 4) is 0 Å². The van der Waals surface area contributed by atoms with E-state index >= 15 is 0 Å². The Labute approximate surface area is 147 Å². The van der Waals surface area contributed by atoms with E-state index in [2.05, 4.69) is 14.7 Å². The van der Waals surface area contributed by atoms with Gasteiger partial charge in [-0.15, -0.1) is 0 Å². The van der Waals surface area contributed by atoms with Gasteiger partial charge in [0.05, 0.1) is 10.6 Å². The minimum atomic E-state index is -3.66. The van der Waals surface area contributed by atoms with E-state index in [1.165, 1.54) is 0 Å². The molecule has 2 aromatic carbocycles. The van der Waals surface area contributed by atoms with Crippen molar-refractivity contribution >= 4 is 27.7 Å². The molecular formula is C19H17N3O2S. The first kappa shape index (κ1) is 16.9. The highest BCUT2D eigenvalue weighted by Gasteiger charge is 2.15. The van der Waals surface area contributed by atoms with Crippen molar-refractivity contribution in [2.24, 2.45) is 4.99 Å². The fraction of sp³-hybridized carbons (Fsp3) is 0.0526. The lowest BCUT2D eigenvalue weighted by Crippen LogP contribution is -2.14. The number of rotatable bonds is 5. The van der Waals surface area contributed by atoms with Crippen LogP contribution in [0.1, 0.15) is 11.1 Å². The van der Waals surface area contributed by atoms with Crippen LogP contribution in [0.5, 0.6) is 0 Å². The van der Waals surface area contributed by atoms with E-state index in [-0.39, 0.29) is 4.90 Å². The summed E-state index contributed by atoms with van der Waals surface area (Å²) in [6, 6.07) is 19.2. The van der Waals surface area contributed by atoms with Gasteiger partial charge in [0.2, 0.25) is 0 Å². The van der Waals surface area contributed by atoms with Crippen molar-refractivity contribution in [3.63, 3.8) is 0 Å². The molecule has 1 heterocycles. The Morgan fingerprint density at radius 3 is 2.40 bits per heavy atom. The molecule has 0 spiro atoms. The Balaban J connectivity index is 1.88. The van der Waals surface area contributed by atoms with Gasteiger partial charge >= 0.3 is 0 Å². The second-order valence-corrected chi connectivity index (χ2v) is 7.13. The van der Waals surface area contributed by atoms with Crippen LogP contribution in [0.3, 0.4) is 0 Å². The van der Waals surface area contributed by atoms with E-state index in [4.69, 9.17) is 0 Å². The van der Waals surface area contributed by atoms with E-state index in [1.54, 1.807) is 60.9 Å². The number of aryl methyl sites for hydroxylation is 1. The highest BCUT2D eigenvalue weighted by molar-refractivity contribution is 7.92. The summed E-state index contributed by atoms with van der Waals surface area (Å²) < 4.78 is 27.8. The van der Waals surface area contributed by atoms with Gasteiger partial charge in [0.25, 0.3) is 10.0 Å². The third kappa shape index (κ3) is 4.30. The van der Waals surface area contributed by atoms with Crippen molar-refractivity contribution in [2.45, 2.75) is 11.8 Å². The second-order valence-electron chi connectivity index (χ2n) is 5.45. The van der Waals surface area contributed by atoms with Crippen LogP contribution in [0.2, 0.25) is 0 Å². The lowest BCUT2D eigenvalue weighted by Gasteiger charge is -2.10. The zero-order chi connectivity index (χ0) is 17.7. The Morgan fingerprint density at radius 1 is 0.960 bits per heavy atom. The smallest absolute Gasteiger partial charge is 0.261 e. The van der Waals surface area contributed by atoms with Crippen LogP contribution in [0, 0.1) is 6.92 Å². The molecule has 3 rings (SSSR count). The van der Waals surface area contributed by atoms with Gasteiger partial charge in [-0.2, -0.15) is 0 Å². The molecule has 1 N–H and O–H groups in total. The molecule has 0 bridgehead atoms. The van der Waals surface area contributed by atoms with Crippen LogP contribution in [0.25, 0.3) is 0 Å². The van der Waals surface area contributed by atoms with Crippen LogP contribution in [0.15, 0.2) is 82.8 Å². The minimum absolute atomic E-state index is 0.217. The summed E-state index contributed by atoms with van der Waals surface area (Å²) in [7, 11) is -3.66.